The molecule has 0 spiro atoms. The van der Waals surface area contributed by atoms with Crippen LogP contribution in [0, 0.1) is 0 Å². The van der Waals surface area contributed by atoms with E-state index in [4.69, 9.17) is 4.42 Å². The SMILES string of the molecule is c1ccc(-c2coc3c2ccc2c4ccccc4ccc23)c(-c2c(-c3cccc4c3ccc3ccccc34)ccc3cc4ccccc4cc23)c1. The highest BCUT2D eigenvalue weighted by Crippen LogP contribution is 2.47. The van der Waals surface area contributed by atoms with Gasteiger partial charge in [0.25, 0.3) is 0 Å². The van der Waals surface area contributed by atoms with Gasteiger partial charge in [0, 0.05) is 16.3 Å². The summed E-state index contributed by atoms with van der Waals surface area (Å²) in [7, 11) is 0. The normalized spacial score (nSPS) is 11.9. The maximum Gasteiger partial charge on any atom is 0.142 e. The first-order chi connectivity index (χ1) is 25.3. The third kappa shape index (κ3) is 4.22. The molecule has 0 atom stereocenters. The van der Waals surface area contributed by atoms with Crippen molar-refractivity contribution in [3.63, 3.8) is 0 Å². The molecule has 0 fully saturated rings. The average molecular weight is 647 g/mol. The second-order valence-corrected chi connectivity index (χ2v) is 13.6. The fourth-order valence-electron chi connectivity index (χ4n) is 8.53. The molecule has 10 aromatic carbocycles. The van der Waals surface area contributed by atoms with E-state index in [1.54, 1.807) is 0 Å². The van der Waals surface area contributed by atoms with Crippen molar-refractivity contribution in [2.75, 3.05) is 0 Å². The summed E-state index contributed by atoms with van der Waals surface area (Å²) in [6.45, 7) is 0. The van der Waals surface area contributed by atoms with E-state index in [0.717, 1.165) is 27.5 Å². The molecule has 0 radical (unpaired) electrons. The lowest BCUT2D eigenvalue weighted by Crippen LogP contribution is -1.92. The van der Waals surface area contributed by atoms with Crippen LogP contribution >= 0.6 is 0 Å². The lowest BCUT2D eigenvalue weighted by atomic mass is 9.84. The van der Waals surface area contributed by atoms with Gasteiger partial charge in [0.2, 0.25) is 0 Å². The molecule has 1 nitrogen and oxygen atoms in total. The second-order valence-electron chi connectivity index (χ2n) is 13.6. The largest absolute Gasteiger partial charge is 0.463 e. The maximum absolute atomic E-state index is 6.52. The molecule has 11 rings (SSSR count). The van der Waals surface area contributed by atoms with Gasteiger partial charge < -0.3 is 4.42 Å². The Kier molecular flexibility index (Phi) is 6.02. The molecule has 11 aromatic rings. The van der Waals surface area contributed by atoms with Crippen LogP contribution < -0.4 is 0 Å². The minimum atomic E-state index is 0.924. The third-order valence-electron chi connectivity index (χ3n) is 10.9. The predicted molar refractivity (Wildman–Crippen MR) is 218 cm³/mol. The molecule has 1 heteroatoms. The van der Waals surface area contributed by atoms with Crippen molar-refractivity contribution in [3.05, 3.63) is 182 Å². The standard InChI is InChI=1S/C50H30O/c1-2-13-34-29-47-35(28-33(34)12-1)22-24-44(39-19-9-18-38-36-14-5-3-10-31(36)20-23-42(38)39)49(47)43-17-8-7-16-40(43)48-30-51-50-45-25-21-32-11-4-6-15-37(32)41(45)26-27-46(48)50/h1-30H. The van der Waals surface area contributed by atoms with Crippen molar-refractivity contribution < 1.29 is 4.42 Å². The van der Waals surface area contributed by atoms with Gasteiger partial charge in [-0.05, 0) is 111 Å². The van der Waals surface area contributed by atoms with Crippen molar-refractivity contribution >= 4 is 75.6 Å². The fraction of sp³-hybridized carbons (Fsp3) is 0. The van der Waals surface area contributed by atoms with Gasteiger partial charge in [-0.25, -0.2) is 0 Å². The van der Waals surface area contributed by atoms with Crippen molar-refractivity contribution in [2.24, 2.45) is 0 Å². The van der Waals surface area contributed by atoms with Gasteiger partial charge in [-0.3, -0.25) is 0 Å². The van der Waals surface area contributed by atoms with E-state index in [0.29, 0.717) is 0 Å². The van der Waals surface area contributed by atoms with E-state index in [1.807, 2.05) is 6.26 Å². The Hall–Kier alpha value is -6.70. The highest BCUT2D eigenvalue weighted by atomic mass is 16.3. The fourth-order valence-corrected chi connectivity index (χ4v) is 8.53. The Morgan fingerprint density at radius 2 is 0.804 bits per heavy atom. The summed E-state index contributed by atoms with van der Waals surface area (Å²) in [5.74, 6) is 0. The topological polar surface area (TPSA) is 13.1 Å². The van der Waals surface area contributed by atoms with Crippen LogP contribution in [-0.2, 0) is 0 Å². The van der Waals surface area contributed by atoms with E-state index in [1.165, 1.54) is 81.5 Å². The molecule has 0 amide bonds. The van der Waals surface area contributed by atoms with Crippen LogP contribution in [0.25, 0.3) is 109 Å². The van der Waals surface area contributed by atoms with Crippen molar-refractivity contribution in [3.8, 4) is 33.4 Å². The predicted octanol–water partition coefficient (Wildman–Crippen LogP) is 14.4. The molecule has 0 saturated carbocycles. The average Bonchev–Trinajstić information content (AvgIpc) is 3.64. The molecular weight excluding hydrogens is 617 g/mol. The van der Waals surface area contributed by atoms with Gasteiger partial charge in [0.15, 0.2) is 0 Å². The number of fused-ring (bicyclic) bond motifs is 10. The van der Waals surface area contributed by atoms with Gasteiger partial charge in [-0.15, -0.1) is 0 Å². The summed E-state index contributed by atoms with van der Waals surface area (Å²) in [5, 5.41) is 15.9. The van der Waals surface area contributed by atoms with E-state index < -0.39 is 0 Å². The minimum absolute atomic E-state index is 0.924. The number of hydrogen-bond acceptors (Lipinski definition) is 1. The van der Waals surface area contributed by atoms with Crippen LogP contribution in [0.4, 0.5) is 0 Å². The van der Waals surface area contributed by atoms with Crippen LogP contribution in [0.1, 0.15) is 0 Å². The quantitative estimate of drug-likeness (QED) is 0.138. The van der Waals surface area contributed by atoms with Crippen molar-refractivity contribution in [2.45, 2.75) is 0 Å². The second kappa shape index (κ2) is 10.9. The molecule has 0 N–H and O–H groups in total. The van der Waals surface area contributed by atoms with Crippen LogP contribution in [0.2, 0.25) is 0 Å². The number of hydrogen-bond donors (Lipinski definition) is 0. The summed E-state index contributed by atoms with van der Waals surface area (Å²) in [5.41, 5.74) is 8.05. The summed E-state index contributed by atoms with van der Waals surface area (Å²) in [6, 6.07) is 64.4. The molecule has 0 unspecified atom stereocenters. The molecular formula is C50H30O. The zero-order valence-electron chi connectivity index (χ0n) is 27.7. The molecule has 0 aliphatic carbocycles. The molecule has 0 bridgehead atoms. The first-order valence-corrected chi connectivity index (χ1v) is 17.6. The van der Waals surface area contributed by atoms with Crippen molar-refractivity contribution in [1.82, 2.24) is 0 Å². The van der Waals surface area contributed by atoms with E-state index in [-0.39, 0.29) is 0 Å². The highest BCUT2D eigenvalue weighted by molar-refractivity contribution is 6.20. The van der Waals surface area contributed by atoms with Crippen molar-refractivity contribution in [1.29, 1.82) is 0 Å². The number of furan rings is 1. The van der Waals surface area contributed by atoms with Crippen LogP contribution in [-0.4, -0.2) is 0 Å². The van der Waals surface area contributed by atoms with Crippen LogP contribution in [0.3, 0.4) is 0 Å². The summed E-state index contributed by atoms with van der Waals surface area (Å²) >= 11 is 0. The molecule has 1 aromatic heterocycles. The van der Waals surface area contributed by atoms with Crippen LogP contribution in [0.5, 0.6) is 0 Å². The van der Waals surface area contributed by atoms with Gasteiger partial charge in [-0.1, -0.05) is 152 Å². The smallest absolute Gasteiger partial charge is 0.142 e. The zero-order chi connectivity index (χ0) is 33.5. The Labute approximate surface area is 294 Å². The molecule has 236 valence electrons. The van der Waals surface area contributed by atoms with E-state index in [2.05, 4.69) is 176 Å². The monoisotopic (exact) mass is 646 g/mol. The zero-order valence-corrected chi connectivity index (χ0v) is 27.7. The van der Waals surface area contributed by atoms with Crippen LogP contribution in [0.15, 0.2) is 187 Å². The third-order valence-corrected chi connectivity index (χ3v) is 10.9. The maximum atomic E-state index is 6.52. The Morgan fingerprint density at radius 1 is 0.255 bits per heavy atom. The van der Waals surface area contributed by atoms with E-state index in [9.17, 15) is 0 Å². The number of rotatable bonds is 3. The number of benzene rings is 10. The lowest BCUT2D eigenvalue weighted by Gasteiger charge is -2.19. The van der Waals surface area contributed by atoms with Gasteiger partial charge >= 0.3 is 0 Å². The summed E-state index contributed by atoms with van der Waals surface area (Å²) in [4.78, 5) is 0. The molecule has 0 saturated heterocycles. The first kappa shape index (κ1) is 28.2. The molecule has 0 aliphatic heterocycles. The molecule has 1 heterocycles. The highest BCUT2D eigenvalue weighted by Gasteiger charge is 2.21. The lowest BCUT2D eigenvalue weighted by molar-refractivity contribution is 0.620. The Balaban J connectivity index is 1.22. The first-order valence-electron chi connectivity index (χ1n) is 17.6. The summed E-state index contributed by atoms with van der Waals surface area (Å²) in [6.07, 6.45) is 1.96. The van der Waals surface area contributed by atoms with E-state index >= 15 is 0 Å². The van der Waals surface area contributed by atoms with Gasteiger partial charge in [-0.2, -0.15) is 0 Å². The molecule has 51 heavy (non-hydrogen) atoms. The van der Waals surface area contributed by atoms with Gasteiger partial charge in [0.1, 0.15) is 5.58 Å². The Bertz CT molecular complexity index is 3200. The Morgan fingerprint density at radius 3 is 1.59 bits per heavy atom. The summed E-state index contributed by atoms with van der Waals surface area (Å²) < 4.78 is 6.52. The van der Waals surface area contributed by atoms with Gasteiger partial charge in [0.05, 0.1) is 6.26 Å². The molecule has 0 aliphatic rings. The minimum Gasteiger partial charge on any atom is -0.463 e.